The minimum atomic E-state index is -0.544. The van der Waals surface area contributed by atoms with Crippen LogP contribution in [0.25, 0.3) is 0 Å². The highest BCUT2D eigenvalue weighted by Gasteiger charge is 2.17. The van der Waals surface area contributed by atoms with Crippen molar-refractivity contribution in [2.75, 3.05) is 23.0 Å². The molecular formula is C19H22N4O4. The van der Waals surface area contributed by atoms with Gasteiger partial charge in [-0.3, -0.25) is 19.7 Å². The fourth-order valence-electron chi connectivity index (χ4n) is 2.46. The Morgan fingerprint density at radius 3 is 2.15 bits per heavy atom. The minimum Gasteiger partial charge on any atom is -0.383 e. The molecule has 0 aromatic heterocycles. The predicted octanol–water partition coefficient (Wildman–Crippen LogP) is 3.87. The number of nitro groups is 1. The SMILES string of the molecule is CNc1ccc(C(=O)Nc2ccc(NC(=O)CC(C)C)cc2)cc1[N+](=O)[O-]. The summed E-state index contributed by atoms with van der Waals surface area (Å²) in [6, 6.07) is 10.9. The number of nitro benzene ring substituents is 1. The van der Waals surface area contributed by atoms with Crippen LogP contribution >= 0.6 is 0 Å². The molecule has 142 valence electrons. The summed E-state index contributed by atoms with van der Waals surface area (Å²) in [5.41, 5.74) is 1.48. The Bertz CT molecular complexity index is 847. The van der Waals surface area contributed by atoms with Crippen molar-refractivity contribution in [2.45, 2.75) is 20.3 Å². The van der Waals surface area contributed by atoms with Gasteiger partial charge in [-0.1, -0.05) is 13.8 Å². The molecule has 0 heterocycles. The maximum atomic E-state index is 12.3. The molecule has 8 heteroatoms. The van der Waals surface area contributed by atoms with Gasteiger partial charge in [0.2, 0.25) is 5.91 Å². The normalized spacial score (nSPS) is 10.4. The molecule has 0 saturated heterocycles. The first-order chi connectivity index (χ1) is 12.8. The van der Waals surface area contributed by atoms with E-state index in [1.165, 1.54) is 18.2 Å². The second-order valence-corrected chi connectivity index (χ2v) is 6.42. The van der Waals surface area contributed by atoms with Crippen LogP contribution in [0.15, 0.2) is 42.5 Å². The lowest BCUT2D eigenvalue weighted by Gasteiger charge is -2.09. The first-order valence-corrected chi connectivity index (χ1v) is 8.47. The number of rotatable bonds is 7. The number of hydrogen-bond donors (Lipinski definition) is 3. The summed E-state index contributed by atoms with van der Waals surface area (Å²) in [7, 11) is 1.57. The molecule has 27 heavy (non-hydrogen) atoms. The molecule has 3 N–H and O–H groups in total. The van der Waals surface area contributed by atoms with Gasteiger partial charge >= 0.3 is 0 Å². The second-order valence-electron chi connectivity index (χ2n) is 6.42. The fraction of sp³-hybridized carbons (Fsp3) is 0.263. The molecule has 2 aromatic rings. The third kappa shape index (κ3) is 5.53. The van der Waals surface area contributed by atoms with Crippen LogP contribution in [0.2, 0.25) is 0 Å². The van der Waals surface area contributed by atoms with Crippen LogP contribution in [0.3, 0.4) is 0 Å². The van der Waals surface area contributed by atoms with E-state index >= 15 is 0 Å². The Kier molecular flexibility index (Phi) is 6.48. The summed E-state index contributed by atoms with van der Waals surface area (Å²) in [5.74, 6) is -0.266. The Balaban J connectivity index is 2.07. The fourth-order valence-corrected chi connectivity index (χ4v) is 2.46. The van der Waals surface area contributed by atoms with Crippen molar-refractivity contribution in [1.82, 2.24) is 0 Å². The monoisotopic (exact) mass is 370 g/mol. The zero-order chi connectivity index (χ0) is 20.0. The van der Waals surface area contributed by atoms with Gasteiger partial charge in [0, 0.05) is 36.5 Å². The van der Waals surface area contributed by atoms with Crippen LogP contribution < -0.4 is 16.0 Å². The maximum Gasteiger partial charge on any atom is 0.293 e. The number of amides is 2. The summed E-state index contributed by atoms with van der Waals surface area (Å²) < 4.78 is 0. The van der Waals surface area contributed by atoms with E-state index in [9.17, 15) is 19.7 Å². The summed E-state index contributed by atoms with van der Waals surface area (Å²) in [6.07, 6.45) is 0.430. The van der Waals surface area contributed by atoms with E-state index in [4.69, 9.17) is 0 Å². The van der Waals surface area contributed by atoms with Crippen LogP contribution in [-0.2, 0) is 4.79 Å². The largest absolute Gasteiger partial charge is 0.383 e. The van der Waals surface area contributed by atoms with E-state index in [-0.39, 0.29) is 23.1 Å². The van der Waals surface area contributed by atoms with E-state index in [0.29, 0.717) is 23.5 Å². The van der Waals surface area contributed by atoms with Crippen LogP contribution in [0.1, 0.15) is 30.6 Å². The van der Waals surface area contributed by atoms with E-state index in [0.717, 1.165) is 0 Å². The van der Waals surface area contributed by atoms with E-state index in [2.05, 4.69) is 16.0 Å². The molecule has 0 aliphatic carbocycles. The number of nitrogens with one attached hydrogen (secondary N) is 3. The predicted molar refractivity (Wildman–Crippen MR) is 105 cm³/mol. The van der Waals surface area contributed by atoms with Crippen LogP contribution in [0.5, 0.6) is 0 Å². The molecule has 8 nitrogen and oxygen atoms in total. The van der Waals surface area contributed by atoms with Gasteiger partial charge in [0.05, 0.1) is 4.92 Å². The zero-order valence-electron chi connectivity index (χ0n) is 15.4. The van der Waals surface area contributed by atoms with Crippen LogP contribution in [0, 0.1) is 16.0 Å². The number of anilines is 3. The van der Waals surface area contributed by atoms with Crippen LogP contribution in [0.4, 0.5) is 22.7 Å². The third-order valence-electron chi connectivity index (χ3n) is 3.75. The molecule has 0 aliphatic rings. The van der Waals surface area contributed by atoms with Crippen molar-refractivity contribution >= 4 is 34.6 Å². The number of carbonyl (C=O) groups is 2. The van der Waals surface area contributed by atoms with Crippen molar-refractivity contribution in [3.05, 3.63) is 58.1 Å². The third-order valence-corrected chi connectivity index (χ3v) is 3.75. The highest BCUT2D eigenvalue weighted by molar-refractivity contribution is 6.05. The first kappa shape index (κ1) is 19.9. The van der Waals surface area contributed by atoms with Gasteiger partial charge in [0.1, 0.15) is 5.69 Å². The molecule has 2 amide bonds. The number of hydrogen-bond acceptors (Lipinski definition) is 5. The lowest BCUT2D eigenvalue weighted by Crippen LogP contribution is -2.14. The number of carbonyl (C=O) groups excluding carboxylic acids is 2. The molecule has 0 radical (unpaired) electrons. The molecule has 0 spiro atoms. The molecular weight excluding hydrogens is 348 g/mol. The molecule has 0 unspecified atom stereocenters. The van der Waals surface area contributed by atoms with Crippen molar-refractivity contribution < 1.29 is 14.5 Å². The Hall–Kier alpha value is -3.42. The quantitative estimate of drug-likeness (QED) is 0.506. The smallest absolute Gasteiger partial charge is 0.293 e. The van der Waals surface area contributed by atoms with Gasteiger partial charge < -0.3 is 16.0 Å². The maximum absolute atomic E-state index is 12.3. The Morgan fingerprint density at radius 1 is 1.04 bits per heavy atom. The number of benzene rings is 2. The zero-order valence-corrected chi connectivity index (χ0v) is 15.4. The molecule has 0 fully saturated rings. The highest BCUT2D eigenvalue weighted by Crippen LogP contribution is 2.25. The summed E-state index contributed by atoms with van der Waals surface area (Å²) in [4.78, 5) is 34.7. The molecule has 2 rings (SSSR count). The second kappa shape index (κ2) is 8.79. The molecule has 0 bridgehead atoms. The van der Waals surface area contributed by atoms with E-state index < -0.39 is 10.8 Å². The average molecular weight is 370 g/mol. The summed E-state index contributed by atoms with van der Waals surface area (Å²) in [5, 5.41) is 19.3. The lowest BCUT2D eigenvalue weighted by molar-refractivity contribution is -0.384. The topological polar surface area (TPSA) is 113 Å². The molecule has 2 aromatic carbocycles. The van der Waals surface area contributed by atoms with Gasteiger partial charge in [-0.15, -0.1) is 0 Å². The first-order valence-electron chi connectivity index (χ1n) is 8.47. The van der Waals surface area contributed by atoms with Gasteiger partial charge in [-0.05, 0) is 42.3 Å². The summed E-state index contributed by atoms with van der Waals surface area (Å²) >= 11 is 0. The standard InChI is InChI=1S/C19H22N4O4/c1-12(2)10-18(24)21-14-5-7-15(8-6-14)22-19(25)13-4-9-16(20-3)17(11-13)23(26)27/h4-9,11-12,20H,10H2,1-3H3,(H,21,24)(H,22,25). The highest BCUT2D eigenvalue weighted by atomic mass is 16.6. The van der Waals surface area contributed by atoms with E-state index in [1.807, 2.05) is 13.8 Å². The Morgan fingerprint density at radius 2 is 1.63 bits per heavy atom. The Labute approximate surface area is 157 Å². The van der Waals surface area contributed by atoms with E-state index in [1.54, 1.807) is 31.3 Å². The van der Waals surface area contributed by atoms with Crippen molar-refractivity contribution in [3.8, 4) is 0 Å². The molecule has 0 saturated carbocycles. The van der Waals surface area contributed by atoms with Crippen LogP contribution in [-0.4, -0.2) is 23.8 Å². The average Bonchev–Trinajstić information content (AvgIpc) is 2.62. The van der Waals surface area contributed by atoms with Gasteiger partial charge in [-0.25, -0.2) is 0 Å². The van der Waals surface area contributed by atoms with Crippen molar-refractivity contribution in [1.29, 1.82) is 0 Å². The van der Waals surface area contributed by atoms with Crippen molar-refractivity contribution in [2.24, 2.45) is 5.92 Å². The van der Waals surface area contributed by atoms with Gasteiger partial charge in [0.15, 0.2) is 0 Å². The van der Waals surface area contributed by atoms with Crippen molar-refractivity contribution in [3.63, 3.8) is 0 Å². The van der Waals surface area contributed by atoms with Gasteiger partial charge in [-0.2, -0.15) is 0 Å². The minimum absolute atomic E-state index is 0.0706. The lowest BCUT2D eigenvalue weighted by atomic mass is 10.1. The summed E-state index contributed by atoms with van der Waals surface area (Å²) in [6.45, 7) is 3.93. The number of nitrogens with zero attached hydrogens (tertiary/aromatic N) is 1. The van der Waals surface area contributed by atoms with Gasteiger partial charge in [0.25, 0.3) is 11.6 Å². The molecule has 0 aliphatic heterocycles. The molecule has 0 atom stereocenters.